The summed E-state index contributed by atoms with van der Waals surface area (Å²) in [5, 5.41) is 2.80. The van der Waals surface area contributed by atoms with E-state index in [0.717, 1.165) is 0 Å². The van der Waals surface area contributed by atoms with Gasteiger partial charge in [0.2, 0.25) is 5.91 Å². The summed E-state index contributed by atoms with van der Waals surface area (Å²) in [6, 6.07) is -0.518. The minimum Gasteiger partial charge on any atom is -0.459 e. The minimum atomic E-state index is -0.518. The Labute approximate surface area is 148 Å². The van der Waals surface area contributed by atoms with E-state index in [0.29, 0.717) is 35.6 Å². The molecule has 1 aromatic heterocycles. The van der Waals surface area contributed by atoms with Gasteiger partial charge in [0.15, 0.2) is 0 Å². The number of carbonyl (C=O) groups is 3. The van der Waals surface area contributed by atoms with Crippen LogP contribution in [-0.4, -0.2) is 52.9 Å². The van der Waals surface area contributed by atoms with E-state index in [1.807, 2.05) is 13.8 Å². The van der Waals surface area contributed by atoms with Crippen molar-refractivity contribution in [3.63, 3.8) is 0 Å². The van der Waals surface area contributed by atoms with Gasteiger partial charge in [0.25, 0.3) is 5.91 Å². The molecule has 2 N–H and O–H groups in total. The van der Waals surface area contributed by atoms with Gasteiger partial charge in [-0.25, -0.2) is 4.79 Å². The first-order valence-corrected chi connectivity index (χ1v) is 8.64. The van der Waals surface area contributed by atoms with Crippen LogP contribution in [0.15, 0.2) is 0 Å². The number of carbonyl (C=O) groups excluding carboxylic acids is 3. The van der Waals surface area contributed by atoms with Crippen molar-refractivity contribution in [2.24, 2.45) is 5.92 Å². The zero-order chi connectivity index (χ0) is 18.9. The van der Waals surface area contributed by atoms with Crippen LogP contribution in [0.2, 0.25) is 0 Å². The highest BCUT2D eigenvalue weighted by atomic mass is 16.5. The molecule has 2 rings (SSSR count). The fourth-order valence-electron chi connectivity index (χ4n) is 3.26. The summed E-state index contributed by atoms with van der Waals surface area (Å²) >= 11 is 0. The molecule has 25 heavy (non-hydrogen) atoms. The minimum absolute atomic E-state index is 0.00834. The Morgan fingerprint density at radius 1 is 1.20 bits per heavy atom. The van der Waals surface area contributed by atoms with Gasteiger partial charge in [-0.2, -0.15) is 0 Å². The van der Waals surface area contributed by atoms with E-state index < -0.39 is 12.0 Å². The maximum atomic E-state index is 13.1. The molecule has 0 aliphatic carbocycles. The molecular weight excluding hydrogens is 322 g/mol. The fourth-order valence-corrected chi connectivity index (χ4v) is 3.26. The van der Waals surface area contributed by atoms with E-state index >= 15 is 0 Å². The van der Waals surface area contributed by atoms with Crippen LogP contribution >= 0.6 is 0 Å². The Balaban J connectivity index is 2.36. The second-order valence-corrected chi connectivity index (χ2v) is 7.06. The lowest BCUT2D eigenvalue weighted by molar-refractivity contribution is -0.129. The van der Waals surface area contributed by atoms with Crippen molar-refractivity contribution in [1.82, 2.24) is 15.2 Å². The maximum absolute atomic E-state index is 13.1. The van der Waals surface area contributed by atoms with E-state index in [9.17, 15) is 14.4 Å². The topological polar surface area (TPSA) is 91.5 Å². The van der Waals surface area contributed by atoms with E-state index in [1.165, 1.54) is 0 Å². The van der Waals surface area contributed by atoms with Crippen molar-refractivity contribution in [3.05, 3.63) is 22.5 Å². The summed E-state index contributed by atoms with van der Waals surface area (Å²) < 4.78 is 5.26. The number of ether oxygens (including phenoxy) is 1. The highest BCUT2D eigenvalue weighted by Crippen LogP contribution is 2.23. The van der Waals surface area contributed by atoms with Crippen LogP contribution in [0.5, 0.6) is 0 Å². The fraction of sp³-hybridized carbons (Fsp3) is 0.611. The lowest BCUT2D eigenvalue weighted by Crippen LogP contribution is -2.59. The molecule has 1 fully saturated rings. The number of amides is 2. The summed E-state index contributed by atoms with van der Waals surface area (Å²) in [5.41, 5.74) is 1.88. The largest absolute Gasteiger partial charge is 0.459 e. The third kappa shape index (κ3) is 3.70. The van der Waals surface area contributed by atoms with Crippen LogP contribution in [0, 0.1) is 19.8 Å². The molecule has 1 atom stereocenters. The van der Waals surface area contributed by atoms with Gasteiger partial charge in [-0.15, -0.1) is 0 Å². The van der Waals surface area contributed by atoms with Gasteiger partial charge < -0.3 is 19.9 Å². The number of nitrogens with zero attached hydrogens (tertiary/aromatic N) is 1. The summed E-state index contributed by atoms with van der Waals surface area (Å²) in [6.45, 7) is 11.7. The number of H-pyrrole nitrogens is 1. The Kier molecular flexibility index (Phi) is 5.55. The molecule has 1 aromatic rings. The Hall–Kier alpha value is -2.31. The number of aromatic amines is 1. The quantitative estimate of drug-likeness (QED) is 0.811. The summed E-state index contributed by atoms with van der Waals surface area (Å²) in [5.74, 6) is -0.865. The van der Waals surface area contributed by atoms with Gasteiger partial charge in [-0.05, 0) is 39.2 Å². The Bertz CT molecular complexity index is 691. The second-order valence-electron chi connectivity index (χ2n) is 7.06. The standard InChI is InChI=1S/C18H27N3O4/c1-9(2)15-16(22)19-7-8-21(15)17(23)14-11(5)13(12(6)20-14)18(24)25-10(3)4/h9-10,15,20H,7-8H2,1-6H3,(H,19,22)/t15-/m1/s1. The lowest BCUT2D eigenvalue weighted by Gasteiger charge is -2.37. The van der Waals surface area contributed by atoms with E-state index in [2.05, 4.69) is 10.3 Å². The predicted octanol–water partition coefficient (Wildman–Crippen LogP) is 1.79. The first-order valence-electron chi connectivity index (χ1n) is 8.64. The molecule has 2 heterocycles. The average molecular weight is 349 g/mol. The Morgan fingerprint density at radius 3 is 2.40 bits per heavy atom. The van der Waals surface area contributed by atoms with Crippen molar-refractivity contribution < 1.29 is 19.1 Å². The van der Waals surface area contributed by atoms with Crippen LogP contribution in [0.4, 0.5) is 0 Å². The van der Waals surface area contributed by atoms with Gasteiger partial charge in [0.1, 0.15) is 11.7 Å². The van der Waals surface area contributed by atoms with E-state index in [4.69, 9.17) is 4.74 Å². The maximum Gasteiger partial charge on any atom is 0.340 e. The molecule has 0 aromatic carbocycles. The van der Waals surface area contributed by atoms with Gasteiger partial charge in [-0.3, -0.25) is 9.59 Å². The molecule has 2 amide bonds. The number of hydrogen-bond donors (Lipinski definition) is 2. The monoisotopic (exact) mass is 349 g/mol. The van der Waals surface area contributed by atoms with Crippen molar-refractivity contribution in [3.8, 4) is 0 Å². The third-order valence-electron chi connectivity index (χ3n) is 4.35. The zero-order valence-corrected chi connectivity index (χ0v) is 15.7. The van der Waals surface area contributed by atoms with Crippen molar-refractivity contribution in [1.29, 1.82) is 0 Å². The number of hydrogen-bond acceptors (Lipinski definition) is 4. The normalized spacial score (nSPS) is 17.8. The van der Waals surface area contributed by atoms with Crippen LogP contribution in [0.3, 0.4) is 0 Å². The highest BCUT2D eigenvalue weighted by Gasteiger charge is 2.37. The summed E-state index contributed by atoms with van der Waals surface area (Å²) in [4.78, 5) is 42.1. The second kappa shape index (κ2) is 7.29. The van der Waals surface area contributed by atoms with Gasteiger partial charge in [0.05, 0.1) is 11.7 Å². The molecule has 0 bridgehead atoms. The number of nitrogens with one attached hydrogen (secondary N) is 2. The van der Waals surface area contributed by atoms with Crippen LogP contribution in [0.25, 0.3) is 0 Å². The smallest absolute Gasteiger partial charge is 0.340 e. The van der Waals surface area contributed by atoms with E-state index in [1.54, 1.807) is 32.6 Å². The summed E-state index contributed by atoms with van der Waals surface area (Å²) in [7, 11) is 0. The average Bonchev–Trinajstić information content (AvgIpc) is 2.80. The molecule has 1 aliphatic heterocycles. The van der Waals surface area contributed by atoms with Crippen LogP contribution in [-0.2, 0) is 9.53 Å². The van der Waals surface area contributed by atoms with Gasteiger partial charge in [0, 0.05) is 18.8 Å². The molecule has 0 spiro atoms. The molecule has 7 heteroatoms. The zero-order valence-electron chi connectivity index (χ0n) is 15.7. The number of rotatable bonds is 4. The highest BCUT2D eigenvalue weighted by molar-refractivity contribution is 6.02. The molecule has 138 valence electrons. The SMILES string of the molecule is Cc1[nH]c(C(=O)N2CCNC(=O)[C@H]2C(C)C)c(C)c1C(=O)OC(C)C. The van der Waals surface area contributed by atoms with Crippen molar-refractivity contribution >= 4 is 17.8 Å². The number of aromatic nitrogens is 1. The van der Waals surface area contributed by atoms with Crippen LogP contribution in [0.1, 0.15) is 59.8 Å². The molecule has 0 radical (unpaired) electrons. The first kappa shape index (κ1) is 19.0. The van der Waals surface area contributed by atoms with E-state index in [-0.39, 0.29) is 23.8 Å². The molecule has 0 saturated carbocycles. The molecular formula is C18H27N3O4. The van der Waals surface area contributed by atoms with Crippen molar-refractivity contribution in [2.75, 3.05) is 13.1 Å². The lowest BCUT2D eigenvalue weighted by atomic mass is 9.98. The number of piperazine rings is 1. The third-order valence-corrected chi connectivity index (χ3v) is 4.35. The first-order chi connectivity index (χ1) is 11.6. The number of aryl methyl sites for hydroxylation is 1. The van der Waals surface area contributed by atoms with Gasteiger partial charge >= 0.3 is 5.97 Å². The predicted molar refractivity (Wildman–Crippen MR) is 93.5 cm³/mol. The van der Waals surface area contributed by atoms with Crippen LogP contribution < -0.4 is 5.32 Å². The molecule has 7 nitrogen and oxygen atoms in total. The number of esters is 1. The summed E-state index contributed by atoms with van der Waals surface area (Å²) in [6.07, 6.45) is -0.239. The molecule has 1 aliphatic rings. The molecule has 1 saturated heterocycles. The van der Waals surface area contributed by atoms with Crippen molar-refractivity contribution in [2.45, 2.75) is 53.7 Å². The Morgan fingerprint density at radius 2 is 1.84 bits per heavy atom. The molecule has 0 unspecified atom stereocenters. The van der Waals surface area contributed by atoms with Gasteiger partial charge in [-0.1, -0.05) is 13.8 Å².